The van der Waals surface area contributed by atoms with E-state index in [1.165, 1.54) is 12.1 Å². The van der Waals surface area contributed by atoms with Gasteiger partial charge in [-0.2, -0.15) is 0 Å². The van der Waals surface area contributed by atoms with Gasteiger partial charge in [0.25, 0.3) is 5.69 Å². The summed E-state index contributed by atoms with van der Waals surface area (Å²) < 4.78 is 0. The number of nitro benzene ring substituents is 1. The van der Waals surface area contributed by atoms with E-state index in [0.29, 0.717) is 0 Å². The van der Waals surface area contributed by atoms with Crippen molar-refractivity contribution in [1.82, 2.24) is 15.0 Å². The Labute approximate surface area is 202 Å². The van der Waals surface area contributed by atoms with Crippen molar-refractivity contribution in [2.45, 2.75) is 0 Å². The Bertz CT molecular complexity index is 1420. The van der Waals surface area contributed by atoms with Gasteiger partial charge in [-0.15, -0.1) is 0 Å². The summed E-state index contributed by atoms with van der Waals surface area (Å²) in [6.45, 7) is 0. The summed E-state index contributed by atoms with van der Waals surface area (Å²) in [5.41, 5.74) is 7.24. The van der Waals surface area contributed by atoms with Crippen LogP contribution < -0.4 is 0 Å². The first kappa shape index (κ1) is 21.9. The fourth-order valence-electron chi connectivity index (χ4n) is 3.67. The Kier molecular flexibility index (Phi) is 6.17. The second-order valence-electron chi connectivity index (χ2n) is 7.86. The van der Waals surface area contributed by atoms with E-state index in [-0.39, 0.29) is 5.69 Å². The molecule has 0 aliphatic heterocycles. The summed E-state index contributed by atoms with van der Waals surface area (Å²) >= 11 is 0. The summed E-state index contributed by atoms with van der Waals surface area (Å²) in [5, 5.41) is 10.8. The molecular weight excluding hydrogens is 436 g/mol. The van der Waals surface area contributed by atoms with Gasteiger partial charge in [0.1, 0.15) is 0 Å². The second-order valence-corrected chi connectivity index (χ2v) is 7.86. The highest BCUT2D eigenvalue weighted by Gasteiger charge is 2.10. The van der Waals surface area contributed by atoms with Gasteiger partial charge in [0.05, 0.1) is 27.7 Å². The Morgan fingerprint density at radius 2 is 1.11 bits per heavy atom. The van der Waals surface area contributed by atoms with Crippen molar-refractivity contribution in [3.63, 3.8) is 0 Å². The quantitative estimate of drug-likeness (QED) is 0.157. The molecule has 0 aliphatic carbocycles. The van der Waals surface area contributed by atoms with E-state index < -0.39 is 4.92 Å². The fourth-order valence-corrected chi connectivity index (χ4v) is 3.67. The van der Waals surface area contributed by atoms with Gasteiger partial charge >= 0.3 is 0 Å². The maximum absolute atomic E-state index is 10.8. The molecule has 2 aromatic carbocycles. The Hall–Kier alpha value is -4.97. The molecule has 0 bridgehead atoms. The molecule has 0 saturated carbocycles. The van der Waals surface area contributed by atoms with Gasteiger partial charge in [0.15, 0.2) is 0 Å². The molecule has 5 aromatic rings. The number of non-ortho nitro benzene ring substituents is 1. The van der Waals surface area contributed by atoms with E-state index in [1.54, 1.807) is 24.5 Å². The number of pyridine rings is 3. The van der Waals surface area contributed by atoms with Gasteiger partial charge in [-0.1, -0.05) is 48.6 Å². The third-order valence-corrected chi connectivity index (χ3v) is 5.50. The van der Waals surface area contributed by atoms with Crippen LogP contribution in [0.3, 0.4) is 0 Å². The molecule has 0 N–H and O–H groups in total. The topological polar surface area (TPSA) is 81.8 Å². The second kappa shape index (κ2) is 9.89. The molecule has 0 radical (unpaired) electrons. The zero-order valence-corrected chi connectivity index (χ0v) is 18.7. The molecule has 6 nitrogen and oxygen atoms in total. The lowest BCUT2D eigenvalue weighted by molar-refractivity contribution is -0.384. The van der Waals surface area contributed by atoms with Gasteiger partial charge in [-0.25, -0.2) is 4.98 Å². The van der Waals surface area contributed by atoms with Crippen LogP contribution in [-0.4, -0.2) is 19.9 Å². The van der Waals surface area contributed by atoms with Gasteiger partial charge in [-0.05, 0) is 70.8 Å². The van der Waals surface area contributed by atoms with Crippen molar-refractivity contribution in [2.75, 3.05) is 0 Å². The van der Waals surface area contributed by atoms with Gasteiger partial charge < -0.3 is 0 Å². The number of benzene rings is 2. The van der Waals surface area contributed by atoms with Crippen LogP contribution in [0.25, 0.3) is 46.1 Å². The van der Waals surface area contributed by atoms with E-state index in [1.807, 2.05) is 72.8 Å². The third kappa shape index (κ3) is 5.17. The summed E-state index contributed by atoms with van der Waals surface area (Å²) in [6, 6.07) is 30.3. The monoisotopic (exact) mass is 456 g/mol. The first-order chi connectivity index (χ1) is 17.2. The average Bonchev–Trinajstić information content (AvgIpc) is 2.93. The van der Waals surface area contributed by atoms with Crippen LogP contribution in [0.2, 0.25) is 0 Å². The van der Waals surface area contributed by atoms with Crippen LogP contribution in [0.15, 0.2) is 109 Å². The van der Waals surface area contributed by atoms with E-state index in [9.17, 15) is 10.1 Å². The van der Waals surface area contributed by atoms with Crippen LogP contribution in [0.5, 0.6) is 0 Å². The van der Waals surface area contributed by atoms with E-state index >= 15 is 0 Å². The molecule has 0 atom stereocenters. The average molecular weight is 457 g/mol. The molecule has 0 unspecified atom stereocenters. The van der Waals surface area contributed by atoms with E-state index in [4.69, 9.17) is 4.98 Å². The lowest BCUT2D eigenvalue weighted by Crippen LogP contribution is -1.93. The molecule has 0 aliphatic rings. The van der Waals surface area contributed by atoms with Crippen molar-refractivity contribution in [2.24, 2.45) is 0 Å². The first-order valence-electron chi connectivity index (χ1n) is 11.0. The number of nitrogens with zero attached hydrogens (tertiary/aromatic N) is 4. The van der Waals surface area contributed by atoms with Crippen LogP contribution in [0, 0.1) is 10.1 Å². The molecule has 168 valence electrons. The fraction of sp³-hybridized carbons (Fsp3) is 0. The Morgan fingerprint density at radius 3 is 1.57 bits per heavy atom. The van der Waals surface area contributed by atoms with Crippen LogP contribution >= 0.6 is 0 Å². The first-order valence-corrected chi connectivity index (χ1v) is 11.0. The van der Waals surface area contributed by atoms with Crippen molar-refractivity contribution >= 4 is 17.8 Å². The lowest BCUT2D eigenvalue weighted by Gasteiger charge is -2.09. The molecule has 3 aromatic heterocycles. The maximum Gasteiger partial charge on any atom is 0.269 e. The van der Waals surface area contributed by atoms with E-state index in [0.717, 1.165) is 45.0 Å². The molecule has 0 spiro atoms. The summed E-state index contributed by atoms with van der Waals surface area (Å²) in [7, 11) is 0. The zero-order chi connectivity index (χ0) is 24.0. The van der Waals surface area contributed by atoms with Crippen LogP contribution in [-0.2, 0) is 0 Å². The summed E-state index contributed by atoms with van der Waals surface area (Å²) in [6.07, 6.45) is 7.44. The molecule has 5 rings (SSSR count). The highest BCUT2D eigenvalue weighted by atomic mass is 16.6. The van der Waals surface area contributed by atoms with Gasteiger partial charge in [0, 0.05) is 24.5 Å². The van der Waals surface area contributed by atoms with Crippen molar-refractivity contribution in [3.05, 3.63) is 131 Å². The number of aromatic nitrogens is 3. The zero-order valence-electron chi connectivity index (χ0n) is 18.7. The van der Waals surface area contributed by atoms with Gasteiger partial charge in [0.2, 0.25) is 0 Å². The standard InChI is InChI=1S/C29H20N4O2/c34-33(35)25-15-11-22(12-16-25)8-7-21-9-13-23(14-10-21)24-19-28(26-5-1-3-17-30-26)32-29(20-24)27-6-2-4-18-31-27/h1-20H. The molecule has 0 fully saturated rings. The highest BCUT2D eigenvalue weighted by molar-refractivity contribution is 5.76. The Balaban J connectivity index is 1.45. The smallest absolute Gasteiger partial charge is 0.258 e. The lowest BCUT2D eigenvalue weighted by atomic mass is 10.0. The van der Waals surface area contributed by atoms with Crippen molar-refractivity contribution < 1.29 is 4.92 Å². The molecule has 0 saturated heterocycles. The van der Waals surface area contributed by atoms with E-state index in [2.05, 4.69) is 22.1 Å². The summed E-state index contributed by atoms with van der Waals surface area (Å²) in [5.74, 6) is 0. The molecule has 3 heterocycles. The van der Waals surface area contributed by atoms with Gasteiger partial charge in [-0.3, -0.25) is 20.1 Å². The summed E-state index contributed by atoms with van der Waals surface area (Å²) in [4.78, 5) is 24.2. The number of hydrogen-bond donors (Lipinski definition) is 0. The van der Waals surface area contributed by atoms with Crippen LogP contribution in [0.1, 0.15) is 11.1 Å². The molecule has 35 heavy (non-hydrogen) atoms. The SMILES string of the molecule is O=[N+]([O-])c1ccc(C=Cc2ccc(-c3cc(-c4ccccn4)nc(-c4ccccn4)c3)cc2)cc1. The van der Waals surface area contributed by atoms with Crippen LogP contribution in [0.4, 0.5) is 5.69 Å². The maximum atomic E-state index is 10.8. The minimum absolute atomic E-state index is 0.0824. The largest absolute Gasteiger partial charge is 0.269 e. The minimum atomic E-state index is -0.399. The molecule has 0 amide bonds. The molecular formula is C29H20N4O2. The Morgan fingerprint density at radius 1 is 0.600 bits per heavy atom. The number of nitro groups is 1. The molecule has 6 heteroatoms. The number of hydrogen-bond acceptors (Lipinski definition) is 5. The van der Waals surface area contributed by atoms with Crippen molar-refractivity contribution in [1.29, 1.82) is 0 Å². The minimum Gasteiger partial charge on any atom is -0.258 e. The van der Waals surface area contributed by atoms with Crippen molar-refractivity contribution in [3.8, 4) is 33.9 Å². The normalized spacial score (nSPS) is 11.0. The predicted molar refractivity (Wildman–Crippen MR) is 138 cm³/mol. The predicted octanol–water partition coefficient (Wildman–Crippen LogP) is 6.95. The highest BCUT2D eigenvalue weighted by Crippen LogP contribution is 2.29. The third-order valence-electron chi connectivity index (χ3n) is 5.50. The number of rotatable bonds is 6.